The highest BCUT2D eigenvalue weighted by atomic mass is 16.4. The van der Waals surface area contributed by atoms with Gasteiger partial charge in [-0.3, -0.25) is 14.4 Å². The molecule has 1 N–H and O–H groups in total. The Bertz CT molecular complexity index is 562. The predicted molar refractivity (Wildman–Crippen MR) is 71.7 cm³/mol. The zero-order chi connectivity index (χ0) is 14.9. The van der Waals surface area contributed by atoms with Crippen molar-refractivity contribution in [2.24, 2.45) is 7.05 Å². The maximum absolute atomic E-state index is 12.5. The van der Waals surface area contributed by atoms with Crippen molar-refractivity contribution >= 4 is 17.7 Å². The van der Waals surface area contributed by atoms with Crippen molar-refractivity contribution in [2.75, 3.05) is 6.54 Å². The summed E-state index contributed by atoms with van der Waals surface area (Å²) in [4.78, 5) is 36.3. The Balaban J connectivity index is 2.22. The van der Waals surface area contributed by atoms with E-state index in [0.29, 0.717) is 24.2 Å². The zero-order valence-electron chi connectivity index (χ0n) is 11.6. The molecule has 0 aliphatic carbocycles. The van der Waals surface area contributed by atoms with Crippen molar-refractivity contribution in [3.8, 4) is 0 Å². The van der Waals surface area contributed by atoms with Crippen LogP contribution in [-0.2, 0) is 11.8 Å². The van der Waals surface area contributed by atoms with Gasteiger partial charge in [0.2, 0.25) is 0 Å². The first kappa shape index (κ1) is 14.3. The third-order valence-corrected chi connectivity index (χ3v) is 3.68. The van der Waals surface area contributed by atoms with E-state index < -0.39 is 5.97 Å². The summed E-state index contributed by atoms with van der Waals surface area (Å²) in [6, 6.07) is 1.32. The largest absolute Gasteiger partial charge is 0.481 e. The molecular weight excluding hydrogens is 260 g/mol. The van der Waals surface area contributed by atoms with Gasteiger partial charge in [-0.25, -0.2) is 0 Å². The number of aromatic nitrogens is 1. The number of likely N-dealkylation sites (tertiary alicyclic amines) is 1. The Kier molecular flexibility index (Phi) is 3.92. The normalized spacial score (nSPS) is 18.3. The molecule has 0 bridgehead atoms. The lowest BCUT2D eigenvalue weighted by atomic mass is 10.1. The van der Waals surface area contributed by atoms with Gasteiger partial charge in [0.1, 0.15) is 5.69 Å². The van der Waals surface area contributed by atoms with Crippen LogP contribution in [0.15, 0.2) is 12.3 Å². The summed E-state index contributed by atoms with van der Waals surface area (Å²) in [6.07, 6.45) is 3.11. The number of Topliss-reactive ketones (excluding diaryl/α,β-unsaturated/α-hetero) is 1. The number of rotatable bonds is 4. The molecule has 108 valence electrons. The first-order valence-corrected chi connectivity index (χ1v) is 6.60. The fraction of sp³-hybridized carbons (Fsp3) is 0.500. The molecule has 1 aromatic rings. The summed E-state index contributed by atoms with van der Waals surface area (Å²) in [6.45, 7) is 2.02. The van der Waals surface area contributed by atoms with Crippen LogP contribution < -0.4 is 0 Å². The second-order valence-electron chi connectivity index (χ2n) is 5.17. The van der Waals surface area contributed by atoms with Gasteiger partial charge < -0.3 is 14.6 Å². The molecule has 1 amide bonds. The first-order valence-electron chi connectivity index (χ1n) is 6.60. The van der Waals surface area contributed by atoms with Crippen LogP contribution in [0.25, 0.3) is 0 Å². The standard InChI is InChI=1S/C14H18N2O4/c1-9(17)10-6-12(15(2)8-10)14(20)16-5-3-4-11(16)7-13(18)19/h6,8,11H,3-5,7H2,1-2H3,(H,18,19). The number of carbonyl (C=O) groups excluding carboxylic acids is 2. The molecule has 1 unspecified atom stereocenters. The van der Waals surface area contributed by atoms with E-state index in [0.717, 1.165) is 6.42 Å². The van der Waals surface area contributed by atoms with Gasteiger partial charge in [-0.15, -0.1) is 0 Å². The average molecular weight is 278 g/mol. The summed E-state index contributed by atoms with van der Waals surface area (Å²) >= 11 is 0. The van der Waals surface area contributed by atoms with E-state index >= 15 is 0 Å². The van der Waals surface area contributed by atoms with E-state index in [9.17, 15) is 14.4 Å². The highest BCUT2D eigenvalue weighted by Gasteiger charge is 2.32. The van der Waals surface area contributed by atoms with Crippen LogP contribution in [0, 0.1) is 0 Å². The fourth-order valence-electron chi connectivity index (χ4n) is 2.63. The quantitative estimate of drug-likeness (QED) is 0.842. The molecule has 1 aromatic heterocycles. The maximum Gasteiger partial charge on any atom is 0.305 e. The van der Waals surface area contributed by atoms with Crippen LogP contribution in [0.3, 0.4) is 0 Å². The molecule has 6 nitrogen and oxygen atoms in total. The molecule has 1 fully saturated rings. The number of aryl methyl sites for hydroxylation is 1. The van der Waals surface area contributed by atoms with Crippen LogP contribution in [0.5, 0.6) is 0 Å². The second kappa shape index (κ2) is 5.48. The molecule has 20 heavy (non-hydrogen) atoms. The van der Waals surface area contributed by atoms with Gasteiger partial charge in [0.15, 0.2) is 5.78 Å². The molecule has 0 radical (unpaired) electrons. The Morgan fingerprint density at radius 3 is 2.65 bits per heavy atom. The molecule has 0 aromatic carbocycles. The van der Waals surface area contributed by atoms with Crippen molar-refractivity contribution in [1.82, 2.24) is 9.47 Å². The number of nitrogens with zero attached hydrogens (tertiary/aromatic N) is 2. The topological polar surface area (TPSA) is 79.6 Å². The lowest BCUT2D eigenvalue weighted by Gasteiger charge is -2.23. The van der Waals surface area contributed by atoms with Crippen LogP contribution in [0.1, 0.15) is 47.0 Å². The van der Waals surface area contributed by atoms with Crippen molar-refractivity contribution in [2.45, 2.75) is 32.2 Å². The number of aliphatic carboxylic acids is 1. The highest BCUT2D eigenvalue weighted by molar-refractivity contribution is 5.99. The van der Waals surface area contributed by atoms with E-state index in [1.165, 1.54) is 6.92 Å². The summed E-state index contributed by atoms with van der Waals surface area (Å²) in [7, 11) is 1.71. The average Bonchev–Trinajstić information content (AvgIpc) is 2.94. The number of amides is 1. The Morgan fingerprint density at radius 2 is 2.10 bits per heavy atom. The van der Waals surface area contributed by atoms with Gasteiger partial charge in [-0.2, -0.15) is 0 Å². The summed E-state index contributed by atoms with van der Waals surface area (Å²) < 4.78 is 1.62. The first-order chi connectivity index (χ1) is 9.40. The van der Waals surface area contributed by atoms with E-state index in [1.807, 2.05) is 0 Å². The highest BCUT2D eigenvalue weighted by Crippen LogP contribution is 2.23. The van der Waals surface area contributed by atoms with Crippen molar-refractivity contribution in [3.63, 3.8) is 0 Å². The minimum atomic E-state index is -0.897. The second-order valence-corrected chi connectivity index (χ2v) is 5.17. The maximum atomic E-state index is 12.5. The monoisotopic (exact) mass is 278 g/mol. The molecule has 0 spiro atoms. The molecule has 1 aliphatic heterocycles. The van der Waals surface area contributed by atoms with Crippen LogP contribution in [-0.4, -0.2) is 44.8 Å². The molecule has 2 rings (SSSR count). The van der Waals surface area contributed by atoms with E-state index in [2.05, 4.69) is 0 Å². The minimum Gasteiger partial charge on any atom is -0.481 e. The Labute approximate surface area is 117 Å². The number of carbonyl (C=O) groups is 3. The van der Waals surface area contributed by atoms with Crippen LogP contribution in [0.2, 0.25) is 0 Å². The molecule has 6 heteroatoms. The molecule has 1 aliphatic rings. The van der Waals surface area contributed by atoms with Gasteiger partial charge in [0.05, 0.1) is 6.42 Å². The predicted octanol–water partition coefficient (Wildman–Crippen LogP) is 1.31. The van der Waals surface area contributed by atoms with Gasteiger partial charge >= 0.3 is 5.97 Å². The zero-order valence-corrected chi connectivity index (χ0v) is 11.6. The minimum absolute atomic E-state index is 0.0320. The lowest BCUT2D eigenvalue weighted by Crippen LogP contribution is -2.37. The fourth-order valence-corrected chi connectivity index (χ4v) is 2.63. The number of carboxylic acids is 1. The smallest absolute Gasteiger partial charge is 0.305 e. The number of hydrogen-bond acceptors (Lipinski definition) is 3. The number of carboxylic acid groups (broad SMARTS) is 1. The van der Waals surface area contributed by atoms with E-state index in [1.54, 1.807) is 28.8 Å². The summed E-state index contributed by atoms with van der Waals surface area (Å²) in [5.74, 6) is -1.20. The summed E-state index contributed by atoms with van der Waals surface area (Å²) in [5, 5.41) is 8.89. The van der Waals surface area contributed by atoms with Gasteiger partial charge in [-0.05, 0) is 25.8 Å². The van der Waals surface area contributed by atoms with Crippen molar-refractivity contribution < 1.29 is 19.5 Å². The molecule has 1 atom stereocenters. The van der Waals surface area contributed by atoms with Gasteiger partial charge in [0, 0.05) is 31.4 Å². The Morgan fingerprint density at radius 1 is 1.40 bits per heavy atom. The molecular formula is C14H18N2O4. The molecule has 1 saturated heterocycles. The summed E-state index contributed by atoms with van der Waals surface area (Å²) in [5.41, 5.74) is 0.914. The number of ketones is 1. The third-order valence-electron chi connectivity index (χ3n) is 3.68. The lowest BCUT2D eigenvalue weighted by molar-refractivity contribution is -0.137. The molecule has 0 saturated carbocycles. The van der Waals surface area contributed by atoms with Crippen molar-refractivity contribution in [1.29, 1.82) is 0 Å². The number of hydrogen-bond donors (Lipinski definition) is 1. The van der Waals surface area contributed by atoms with E-state index in [-0.39, 0.29) is 24.2 Å². The van der Waals surface area contributed by atoms with Crippen molar-refractivity contribution in [3.05, 3.63) is 23.5 Å². The van der Waals surface area contributed by atoms with Crippen LogP contribution >= 0.6 is 0 Å². The van der Waals surface area contributed by atoms with Gasteiger partial charge in [0.25, 0.3) is 5.91 Å². The third kappa shape index (κ3) is 2.74. The SMILES string of the molecule is CC(=O)c1cc(C(=O)N2CCCC2CC(=O)O)n(C)c1. The van der Waals surface area contributed by atoms with Gasteiger partial charge in [-0.1, -0.05) is 0 Å². The van der Waals surface area contributed by atoms with E-state index in [4.69, 9.17) is 5.11 Å². The Hall–Kier alpha value is -2.11. The molecule has 2 heterocycles. The van der Waals surface area contributed by atoms with Crippen LogP contribution in [0.4, 0.5) is 0 Å².